The maximum atomic E-state index is 12.3. The Kier molecular flexibility index (Phi) is 4.81. The van der Waals surface area contributed by atoms with Crippen molar-refractivity contribution < 1.29 is 10.2 Å². The van der Waals surface area contributed by atoms with E-state index in [0.29, 0.717) is 11.1 Å². The molecule has 1 unspecified atom stereocenters. The average Bonchev–Trinajstić information content (AvgIpc) is 2.51. The molecule has 0 saturated heterocycles. The number of nitrogens with one attached hydrogen (secondary N) is 2. The second-order valence-electron chi connectivity index (χ2n) is 5.96. The summed E-state index contributed by atoms with van der Waals surface area (Å²) in [5, 5.41) is 26.0. The van der Waals surface area contributed by atoms with Gasteiger partial charge in [-0.05, 0) is 33.5 Å². The molecule has 130 valence electrons. The molecule has 4 N–H and O–H groups in total. The maximum absolute atomic E-state index is 12.3. The Balaban J connectivity index is 2.62. The Labute approximate surface area is 139 Å². The third-order valence-corrected chi connectivity index (χ3v) is 3.94. The third kappa shape index (κ3) is 3.06. The number of aromatic hydroxyl groups is 1. The lowest BCUT2D eigenvalue weighted by Crippen LogP contribution is -2.31. The number of nitrogens with zero attached hydrogens (tertiary/aromatic N) is 2. The van der Waals surface area contributed by atoms with Gasteiger partial charge in [0.15, 0.2) is 0 Å². The van der Waals surface area contributed by atoms with Gasteiger partial charge in [-0.3, -0.25) is 24.3 Å². The van der Waals surface area contributed by atoms with Gasteiger partial charge in [0.1, 0.15) is 17.7 Å². The molecule has 1 heterocycles. The van der Waals surface area contributed by atoms with Crippen molar-refractivity contribution in [1.82, 2.24) is 14.7 Å². The normalized spacial score (nSPS) is 12.5. The summed E-state index contributed by atoms with van der Waals surface area (Å²) in [7, 11) is 4.79. The molecule has 1 atom stereocenters. The zero-order chi connectivity index (χ0) is 18.2. The van der Waals surface area contributed by atoms with Crippen molar-refractivity contribution in [3.63, 3.8) is 0 Å². The topological polar surface area (TPSA) is 111 Å². The molecule has 1 aromatic heterocycles. The van der Waals surface area contributed by atoms with E-state index in [1.54, 1.807) is 33.2 Å². The molecule has 0 radical (unpaired) electrons. The molecule has 1 aromatic carbocycles. The largest absolute Gasteiger partial charge is 0.505 e. The van der Waals surface area contributed by atoms with Crippen LogP contribution in [0.1, 0.15) is 22.9 Å². The van der Waals surface area contributed by atoms with Crippen molar-refractivity contribution >= 4 is 11.4 Å². The molecule has 2 rings (SSSR count). The van der Waals surface area contributed by atoms with E-state index in [2.05, 4.69) is 10.4 Å². The van der Waals surface area contributed by atoms with Crippen molar-refractivity contribution in [2.24, 2.45) is 7.05 Å². The van der Waals surface area contributed by atoms with Crippen molar-refractivity contribution in [2.75, 3.05) is 19.4 Å². The highest BCUT2D eigenvalue weighted by Crippen LogP contribution is 2.36. The van der Waals surface area contributed by atoms with Gasteiger partial charge in [0.2, 0.25) is 0 Å². The molecule has 2 aromatic rings. The first-order chi connectivity index (χ1) is 11.1. The van der Waals surface area contributed by atoms with Crippen molar-refractivity contribution in [1.29, 1.82) is 0 Å². The summed E-state index contributed by atoms with van der Waals surface area (Å²) in [6.07, 6.45) is -1.01. The fraction of sp³-hybridized carbons (Fsp3) is 0.375. The molecule has 0 aliphatic carbocycles. The molecule has 0 spiro atoms. The Morgan fingerprint density at radius 3 is 2.42 bits per heavy atom. The van der Waals surface area contributed by atoms with E-state index in [1.165, 1.54) is 18.9 Å². The molecule has 0 bridgehead atoms. The molecule has 0 fully saturated rings. The second kappa shape index (κ2) is 6.50. The first-order valence-electron chi connectivity index (χ1n) is 7.39. The molecule has 24 heavy (non-hydrogen) atoms. The number of benzene rings is 1. The smallest absolute Gasteiger partial charge is 0.288 e. The van der Waals surface area contributed by atoms with E-state index in [0.717, 1.165) is 4.68 Å². The third-order valence-electron chi connectivity index (χ3n) is 3.94. The summed E-state index contributed by atoms with van der Waals surface area (Å²) < 4.78 is 1.07. The van der Waals surface area contributed by atoms with Gasteiger partial charge in [-0.15, -0.1) is 0 Å². The monoisotopic (exact) mass is 334 g/mol. The van der Waals surface area contributed by atoms with E-state index < -0.39 is 17.3 Å². The van der Waals surface area contributed by atoms with Gasteiger partial charge in [-0.2, -0.15) is 0 Å². The molecule has 8 nitrogen and oxygen atoms in total. The molecular formula is C16H22N4O4. The first-order valence-corrected chi connectivity index (χ1v) is 7.39. The van der Waals surface area contributed by atoms with Gasteiger partial charge >= 0.3 is 0 Å². The summed E-state index contributed by atoms with van der Waals surface area (Å²) in [5.41, 5.74) is 0.716. The van der Waals surface area contributed by atoms with Crippen molar-refractivity contribution in [2.45, 2.75) is 20.1 Å². The van der Waals surface area contributed by atoms with Crippen LogP contribution in [0.5, 0.6) is 5.75 Å². The van der Waals surface area contributed by atoms with Gasteiger partial charge in [-0.1, -0.05) is 12.1 Å². The zero-order valence-corrected chi connectivity index (χ0v) is 14.3. The van der Waals surface area contributed by atoms with E-state index >= 15 is 0 Å². The van der Waals surface area contributed by atoms with Gasteiger partial charge in [-0.25, -0.2) is 0 Å². The number of aliphatic hydroxyl groups is 1. The molecule has 0 aliphatic rings. The quantitative estimate of drug-likeness (QED) is 0.484. The van der Waals surface area contributed by atoms with Crippen LogP contribution in [0.25, 0.3) is 0 Å². The molecule has 0 aliphatic heterocycles. The van der Waals surface area contributed by atoms with Crippen molar-refractivity contribution in [3.8, 4) is 5.75 Å². The van der Waals surface area contributed by atoms with E-state index in [-0.39, 0.29) is 22.7 Å². The molecule has 0 amide bonds. The minimum atomic E-state index is -1.01. The van der Waals surface area contributed by atoms with Gasteiger partial charge < -0.3 is 15.5 Å². The Hall–Kier alpha value is -2.58. The van der Waals surface area contributed by atoms with Crippen LogP contribution in [0.2, 0.25) is 0 Å². The zero-order valence-electron chi connectivity index (χ0n) is 14.3. The number of aromatic amines is 1. The number of phenols is 1. The van der Waals surface area contributed by atoms with Crippen LogP contribution in [0.3, 0.4) is 0 Å². The number of aromatic nitrogens is 2. The van der Waals surface area contributed by atoms with Crippen LogP contribution in [-0.4, -0.2) is 39.0 Å². The summed E-state index contributed by atoms with van der Waals surface area (Å²) in [5.74, 6) is -0.169. The van der Waals surface area contributed by atoms with E-state index in [4.69, 9.17) is 0 Å². The highest BCUT2D eigenvalue weighted by Gasteiger charge is 2.20. The highest BCUT2D eigenvalue weighted by molar-refractivity contribution is 5.72. The number of hydrogen-bond donors (Lipinski definition) is 4. The minimum absolute atomic E-state index is 0.0798. The van der Waals surface area contributed by atoms with Crippen LogP contribution >= 0.6 is 0 Å². The highest BCUT2D eigenvalue weighted by atomic mass is 16.3. The van der Waals surface area contributed by atoms with Crippen LogP contribution in [0.4, 0.5) is 11.4 Å². The van der Waals surface area contributed by atoms with Crippen LogP contribution < -0.4 is 16.4 Å². The van der Waals surface area contributed by atoms with Crippen LogP contribution in [-0.2, 0) is 7.05 Å². The predicted octanol–water partition coefficient (Wildman–Crippen LogP) is 0.692. The second-order valence-corrected chi connectivity index (χ2v) is 5.96. The van der Waals surface area contributed by atoms with Crippen LogP contribution in [0.15, 0.2) is 21.7 Å². The number of rotatable bonds is 4. The van der Waals surface area contributed by atoms with Crippen LogP contribution in [0, 0.1) is 13.8 Å². The predicted molar refractivity (Wildman–Crippen MR) is 91.8 cm³/mol. The average molecular weight is 334 g/mol. The van der Waals surface area contributed by atoms with Gasteiger partial charge in [0.25, 0.3) is 11.1 Å². The van der Waals surface area contributed by atoms with Gasteiger partial charge in [0, 0.05) is 18.2 Å². The van der Waals surface area contributed by atoms with E-state index in [1.807, 2.05) is 0 Å². The number of aryl methyl sites for hydroxylation is 2. The summed E-state index contributed by atoms with van der Waals surface area (Å²) in [6, 6.07) is 3.33. The summed E-state index contributed by atoms with van der Waals surface area (Å²) in [4.78, 5) is 25.7. The van der Waals surface area contributed by atoms with E-state index in [9.17, 15) is 19.8 Å². The summed E-state index contributed by atoms with van der Waals surface area (Å²) in [6.45, 7) is 3.27. The Morgan fingerprint density at radius 1 is 1.21 bits per heavy atom. The lowest BCUT2D eigenvalue weighted by molar-refractivity contribution is 0.0376. The van der Waals surface area contributed by atoms with Crippen molar-refractivity contribution in [3.05, 3.63) is 49.5 Å². The first kappa shape index (κ1) is 17.8. The molecule has 0 saturated carbocycles. The SMILES string of the molecule is Cc1ccc(C(O)N(C)C)c(O)c1Nc1c(C)c(=O)[nH]n(C)c1=O. The lowest BCUT2D eigenvalue weighted by atomic mass is 10.1. The minimum Gasteiger partial charge on any atom is -0.505 e. The standard InChI is InChI=1S/C16H22N4O4/c1-8-6-7-10(15(23)19(3)4)13(21)11(8)17-12-9(2)14(22)18-20(5)16(12)24/h6-7,15,17,21,23H,1-5H3,(H,18,22). The Morgan fingerprint density at radius 2 is 1.83 bits per heavy atom. The lowest BCUT2D eigenvalue weighted by Gasteiger charge is -2.22. The fourth-order valence-electron chi connectivity index (χ4n) is 2.35. The number of anilines is 2. The number of phenolic OH excluding ortho intramolecular Hbond substituents is 1. The Bertz CT molecular complexity index is 883. The summed E-state index contributed by atoms with van der Waals surface area (Å²) >= 11 is 0. The fourth-order valence-corrected chi connectivity index (χ4v) is 2.35. The molecular weight excluding hydrogens is 312 g/mol. The van der Waals surface area contributed by atoms with Gasteiger partial charge in [0.05, 0.1) is 5.69 Å². The maximum Gasteiger partial charge on any atom is 0.288 e. The number of hydrogen-bond acceptors (Lipinski definition) is 6. The number of H-pyrrole nitrogens is 1. The molecule has 8 heteroatoms. The number of aliphatic hydroxyl groups excluding tert-OH is 1.